The van der Waals surface area contributed by atoms with E-state index in [1.165, 1.54) is 12.1 Å². The topological polar surface area (TPSA) is 64.4 Å². The first-order chi connectivity index (χ1) is 10.5. The molecule has 122 valence electrons. The molecule has 0 aliphatic heterocycles. The number of carbonyl (C=O) groups excluding carboxylic acids is 1. The van der Waals surface area contributed by atoms with Crippen LogP contribution in [-0.4, -0.2) is 19.1 Å². The third-order valence-corrected chi connectivity index (χ3v) is 4.03. The van der Waals surface area contributed by atoms with Crippen molar-refractivity contribution in [2.75, 3.05) is 6.54 Å². The van der Waals surface area contributed by atoms with E-state index in [9.17, 15) is 18.0 Å². The van der Waals surface area contributed by atoms with Crippen molar-refractivity contribution in [2.24, 2.45) is 17.6 Å². The third-order valence-electron chi connectivity index (χ3n) is 4.03. The summed E-state index contributed by atoms with van der Waals surface area (Å²) in [6.07, 6.45) is 2.57. The molecule has 3 N–H and O–H groups in total. The molecule has 2 rings (SSSR count). The van der Waals surface area contributed by atoms with Gasteiger partial charge in [0.25, 0.3) is 0 Å². The highest BCUT2D eigenvalue weighted by Gasteiger charge is 2.31. The van der Waals surface area contributed by atoms with E-state index in [4.69, 9.17) is 5.73 Å². The number of carbonyl (C=O) groups is 1. The fourth-order valence-electron chi connectivity index (χ4n) is 2.89. The molecule has 1 saturated carbocycles. The lowest BCUT2D eigenvalue weighted by Gasteiger charge is -2.18. The van der Waals surface area contributed by atoms with Gasteiger partial charge in [-0.1, -0.05) is 12.5 Å². The van der Waals surface area contributed by atoms with Gasteiger partial charge in [-0.25, -0.2) is 4.39 Å². The second-order valence-electron chi connectivity index (χ2n) is 5.35. The van der Waals surface area contributed by atoms with Gasteiger partial charge in [-0.3, -0.25) is 4.79 Å². The van der Waals surface area contributed by atoms with Gasteiger partial charge in [0.15, 0.2) is 0 Å². The van der Waals surface area contributed by atoms with Crippen LogP contribution in [0.3, 0.4) is 0 Å². The third kappa shape index (κ3) is 3.91. The van der Waals surface area contributed by atoms with Crippen molar-refractivity contribution in [1.29, 1.82) is 0 Å². The van der Waals surface area contributed by atoms with E-state index in [1.54, 1.807) is 0 Å². The Kier molecular flexibility index (Phi) is 5.65. The summed E-state index contributed by atoms with van der Waals surface area (Å²) in [6.45, 7) is -2.81. The molecule has 0 bridgehead atoms. The molecule has 0 radical (unpaired) electrons. The lowest BCUT2D eigenvalue weighted by atomic mass is 9.95. The zero-order valence-corrected chi connectivity index (χ0v) is 12.0. The van der Waals surface area contributed by atoms with Gasteiger partial charge < -0.3 is 15.8 Å². The van der Waals surface area contributed by atoms with Crippen LogP contribution in [0.1, 0.15) is 24.8 Å². The highest BCUT2D eigenvalue weighted by molar-refractivity contribution is 5.79. The zero-order chi connectivity index (χ0) is 16.1. The second kappa shape index (κ2) is 7.49. The van der Waals surface area contributed by atoms with E-state index < -0.39 is 12.4 Å². The summed E-state index contributed by atoms with van der Waals surface area (Å²) in [7, 11) is 0. The predicted molar refractivity (Wildman–Crippen MR) is 74.8 cm³/mol. The Balaban J connectivity index is 2.03. The first-order valence-electron chi connectivity index (χ1n) is 7.23. The van der Waals surface area contributed by atoms with Crippen LogP contribution in [0.2, 0.25) is 0 Å². The Morgan fingerprint density at radius 3 is 2.86 bits per heavy atom. The van der Waals surface area contributed by atoms with Gasteiger partial charge in [-0.05, 0) is 37.4 Å². The van der Waals surface area contributed by atoms with Crippen molar-refractivity contribution in [3.05, 3.63) is 29.6 Å². The molecule has 1 aromatic rings. The van der Waals surface area contributed by atoms with Gasteiger partial charge >= 0.3 is 6.61 Å². The standard InChI is InChI=1S/C15H19F3N2O2/c16-12-5-2-6-13(22-15(17)18)11(12)8-20-14(21)10-4-1-3-9(10)7-19/h2,5-6,9-10,15H,1,3-4,7-8,19H2,(H,20,21)/t9-,10-/m1/s1. The Bertz CT molecular complexity index is 526. The fraction of sp³-hybridized carbons (Fsp3) is 0.533. The highest BCUT2D eigenvalue weighted by Crippen LogP contribution is 2.31. The zero-order valence-electron chi connectivity index (χ0n) is 12.0. The second-order valence-corrected chi connectivity index (χ2v) is 5.35. The molecule has 2 atom stereocenters. The van der Waals surface area contributed by atoms with Gasteiger partial charge in [-0.15, -0.1) is 0 Å². The number of alkyl halides is 2. The molecule has 1 amide bonds. The lowest BCUT2D eigenvalue weighted by molar-refractivity contribution is -0.126. The molecule has 1 aromatic carbocycles. The van der Waals surface area contributed by atoms with Crippen molar-refractivity contribution >= 4 is 5.91 Å². The molecule has 4 nitrogen and oxygen atoms in total. The van der Waals surface area contributed by atoms with Crippen molar-refractivity contribution in [1.82, 2.24) is 5.32 Å². The largest absolute Gasteiger partial charge is 0.434 e. The van der Waals surface area contributed by atoms with Gasteiger partial charge in [0, 0.05) is 18.0 Å². The van der Waals surface area contributed by atoms with Crippen LogP contribution in [0.5, 0.6) is 5.75 Å². The number of hydrogen-bond donors (Lipinski definition) is 2. The van der Waals surface area contributed by atoms with Crippen LogP contribution in [0.25, 0.3) is 0 Å². The molecule has 0 unspecified atom stereocenters. The summed E-state index contributed by atoms with van der Waals surface area (Å²) in [6, 6.07) is 3.66. The van der Waals surface area contributed by atoms with Crippen LogP contribution in [0.4, 0.5) is 13.2 Å². The molecule has 0 heterocycles. The Morgan fingerprint density at radius 2 is 2.18 bits per heavy atom. The van der Waals surface area contributed by atoms with E-state index >= 15 is 0 Å². The Morgan fingerprint density at radius 1 is 1.41 bits per heavy atom. The summed E-state index contributed by atoms with van der Waals surface area (Å²) in [5.41, 5.74) is 5.54. The average molecular weight is 316 g/mol. The van der Waals surface area contributed by atoms with Crippen molar-refractivity contribution in [2.45, 2.75) is 32.4 Å². The van der Waals surface area contributed by atoms with E-state index in [0.717, 1.165) is 25.3 Å². The summed E-state index contributed by atoms with van der Waals surface area (Å²) in [5.74, 6) is -1.26. The van der Waals surface area contributed by atoms with Gasteiger partial charge in [-0.2, -0.15) is 8.78 Å². The van der Waals surface area contributed by atoms with Crippen molar-refractivity contribution < 1.29 is 22.7 Å². The number of halogens is 3. The summed E-state index contributed by atoms with van der Waals surface area (Å²) in [5, 5.41) is 2.60. The normalized spacial score (nSPS) is 21.1. The minimum absolute atomic E-state index is 0.0848. The Hall–Kier alpha value is -1.76. The van der Waals surface area contributed by atoms with Crippen LogP contribution >= 0.6 is 0 Å². The van der Waals surface area contributed by atoms with E-state index in [1.807, 2.05) is 0 Å². The lowest BCUT2D eigenvalue weighted by Crippen LogP contribution is -2.35. The Labute approximate surface area is 126 Å². The van der Waals surface area contributed by atoms with Crippen LogP contribution in [-0.2, 0) is 11.3 Å². The first kappa shape index (κ1) is 16.6. The summed E-state index contributed by atoms with van der Waals surface area (Å²) >= 11 is 0. The summed E-state index contributed by atoms with van der Waals surface area (Å²) in [4.78, 5) is 12.2. The number of nitrogens with two attached hydrogens (primary N) is 1. The number of nitrogens with one attached hydrogen (secondary N) is 1. The molecule has 1 fully saturated rings. The van der Waals surface area contributed by atoms with Crippen LogP contribution in [0, 0.1) is 17.7 Å². The molecule has 1 aliphatic carbocycles. The van der Waals surface area contributed by atoms with Gasteiger partial charge in [0.2, 0.25) is 5.91 Å². The molecular weight excluding hydrogens is 297 g/mol. The predicted octanol–water partition coefficient (Wildman–Crippen LogP) is 2.42. The minimum Gasteiger partial charge on any atom is -0.434 e. The molecule has 0 saturated heterocycles. The molecule has 1 aliphatic rings. The monoisotopic (exact) mass is 316 g/mol. The quantitative estimate of drug-likeness (QED) is 0.847. The SMILES string of the molecule is NC[C@H]1CCC[C@H]1C(=O)NCc1c(F)cccc1OC(F)F. The van der Waals surface area contributed by atoms with Gasteiger partial charge in [0.1, 0.15) is 11.6 Å². The van der Waals surface area contributed by atoms with E-state index in [-0.39, 0.29) is 35.6 Å². The maximum atomic E-state index is 13.8. The van der Waals surface area contributed by atoms with Crippen molar-refractivity contribution in [3.63, 3.8) is 0 Å². The number of ether oxygens (including phenoxy) is 1. The van der Waals surface area contributed by atoms with Gasteiger partial charge in [0.05, 0.1) is 0 Å². The van der Waals surface area contributed by atoms with Crippen LogP contribution in [0.15, 0.2) is 18.2 Å². The van der Waals surface area contributed by atoms with Crippen molar-refractivity contribution in [3.8, 4) is 5.75 Å². The fourth-order valence-corrected chi connectivity index (χ4v) is 2.89. The number of amides is 1. The molecule has 0 aromatic heterocycles. The number of hydrogen-bond acceptors (Lipinski definition) is 3. The minimum atomic E-state index is -3.05. The molecule has 22 heavy (non-hydrogen) atoms. The number of rotatable bonds is 6. The smallest absolute Gasteiger partial charge is 0.387 e. The molecule has 0 spiro atoms. The van der Waals surface area contributed by atoms with E-state index in [0.29, 0.717) is 6.54 Å². The maximum Gasteiger partial charge on any atom is 0.387 e. The highest BCUT2D eigenvalue weighted by atomic mass is 19.3. The first-order valence-corrected chi connectivity index (χ1v) is 7.23. The van der Waals surface area contributed by atoms with Crippen LogP contribution < -0.4 is 15.8 Å². The summed E-state index contributed by atoms with van der Waals surface area (Å²) < 4.78 is 42.7. The van der Waals surface area contributed by atoms with E-state index in [2.05, 4.69) is 10.1 Å². The maximum absolute atomic E-state index is 13.8. The average Bonchev–Trinajstić information content (AvgIpc) is 2.94. The molecular formula is C15H19F3N2O2. The molecule has 7 heteroatoms. The number of benzene rings is 1.